The van der Waals surface area contributed by atoms with Crippen LogP contribution in [-0.2, 0) is 11.3 Å². The standard InChI is InChI=1S/C22H19N3O3S2/c1-3-11-25-21(27)19-16(17-10-9-14(2)28-17)12-29-20(19)24-22(25)30-13-18(26)23-15-7-5-4-6-8-15/h3-10,12H,1,11,13H2,2H3,(H,23,26). The van der Waals surface area contributed by atoms with Crippen molar-refractivity contribution in [1.82, 2.24) is 9.55 Å². The van der Waals surface area contributed by atoms with Gasteiger partial charge in [0.2, 0.25) is 5.91 Å². The van der Waals surface area contributed by atoms with Crippen molar-refractivity contribution in [3.05, 3.63) is 76.6 Å². The molecule has 8 heteroatoms. The average Bonchev–Trinajstić information content (AvgIpc) is 3.35. The molecule has 4 rings (SSSR count). The fraction of sp³-hybridized carbons (Fsp3) is 0.136. The Balaban J connectivity index is 1.64. The third-order valence-corrected chi connectivity index (χ3v) is 6.21. The van der Waals surface area contributed by atoms with Gasteiger partial charge in [-0.3, -0.25) is 14.2 Å². The van der Waals surface area contributed by atoms with E-state index in [1.54, 1.807) is 10.6 Å². The number of thioether (sulfide) groups is 1. The minimum Gasteiger partial charge on any atom is -0.461 e. The van der Waals surface area contributed by atoms with Gasteiger partial charge in [-0.05, 0) is 31.2 Å². The van der Waals surface area contributed by atoms with Gasteiger partial charge in [0.15, 0.2) is 5.16 Å². The minimum absolute atomic E-state index is 0.138. The molecule has 0 spiro atoms. The Bertz CT molecular complexity index is 1270. The van der Waals surface area contributed by atoms with Crippen molar-refractivity contribution in [1.29, 1.82) is 0 Å². The largest absolute Gasteiger partial charge is 0.461 e. The molecule has 30 heavy (non-hydrogen) atoms. The molecule has 0 bridgehead atoms. The number of allylic oxidation sites excluding steroid dienone is 1. The Labute approximate surface area is 181 Å². The van der Waals surface area contributed by atoms with Gasteiger partial charge in [0.05, 0.1) is 11.1 Å². The second kappa shape index (κ2) is 8.73. The molecule has 0 radical (unpaired) electrons. The number of nitrogens with zero attached hydrogens (tertiary/aromatic N) is 2. The predicted molar refractivity (Wildman–Crippen MR) is 122 cm³/mol. The lowest BCUT2D eigenvalue weighted by atomic mass is 10.2. The lowest BCUT2D eigenvalue weighted by molar-refractivity contribution is -0.113. The maximum absolute atomic E-state index is 13.3. The Morgan fingerprint density at radius 1 is 1.30 bits per heavy atom. The number of hydrogen-bond donors (Lipinski definition) is 1. The number of hydrogen-bond acceptors (Lipinski definition) is 6. The normalized spacial score (nSPS) is 11.0. The molecule has 4 aromatic rings. The van der Waals surface area contributed by atoms with Gasteiger partial charge >= 0.3 is 0 Å². The van der Waals surface area contributed by atoms with Crippen LogP contribution >= 0.6 is 23.1 Å². The summed E-state index contributed by atoms with van der Waals surface area (Å²) in [5, 5.41) is 5.73. The number of benzene rings is 1. The number of furan rings is 1. The van der Waals surface area contributed by atoms with E-state index in [1.165, 1.54) is 23.1 Å². The molecular weight excluding hydrogens is 418 g/mol. The van der Waals surface area contributed by atoms with Crippen LogP contribution in [0.15, 0.2) is 74.9 Å². The number of amides is 1. The summed E-state index contributed by atoms with van der Waals surface area (Å²) in [6.07, 6.45) is 1.64. The highest BCUT2D eigenvalue weighted by Crippen LogP contribution is 2.33. The van der Waals surface area contributed by atoms with E-state index >= 15 is 0 Å². The third-order valence-electron chi connectivity index (χ3n) is 4.37. The van der Waals surface area contributed by atoms with Crippen molar-refractivity contribution in [2.24, 2.45) is 0 Å². The summed E-state index contributed by atoms with van der Waals surface area (Å²) in [6.45, 7) is 5.91. The summed E-state index contributed by atoms with van der Waals surface area (Å²) in [6, 6.07) is 13.0. The summed E-state index contributed by atoms with van der Waals surface area (Å²) in [5.41, 5.74) is 1.29. The van der Waals surface area contributed by atoms with Crippen LogP contribution in [-0.4, -0.2) is 21.2 Å². The van der Waals surface area contributed by atoms with E-state index in [2.05, 4.69) is 16.9 Å². The number of para-hydroxylation sites is 1. The van der Waals surface area contributed by atoms with Crippen molar-refractivity contribution >= 4 is 44.9 Å². The van der Waals surface area contributed by atoms with E-state index < -0.39 is 0 Å². The maximum Gasteiger partial charge on any atom is 0.263 e. The van der Waals surface area contributed by atoms with Crippen LogP contribution in [0.5, 0.6) is 0 Å². The summed E-state index contributed by atoms with van der Waals surface area (Å²) < 4.78 is 7.25. The third kappa shape index (κ3) is 4.10. The second-order valence-electron chi connectivity index (χ2n) is 6.54. The quantitative estimate of drug-likeness (QED) is 0.252. The van der Waals surface area contributed by atoms with Gasteiger partial charge in [0.1, 0.15) is 16.4 Å². The molecule has 0 fully saturated rings. The fourth-order valence-electron chi connectivity index (χ4n) is 3.02. The Morgan fingerprint density at radius 3 is 2.80 bits per heavy atom. The van der Waals surface area contributed by atoms with Crippen molar-refractivity contribution in [2.45, 2.75) is 18.6 Å². The molecule has 0 aliphatic heterocycles. The lowest BCUT2D eigenvalue weighted by Crippen LogP contribution is -2.23. The number of fused-ring (bicyclic) bond motifs is 1. The predicted octanol–water partition coefficient (Wildman–Crippen LogP) is 4.94. The van der Waals surface area contributed by atoms with Crippen LogP contribution < -0.4 is 10.9 Å². The smallest absolute Gasteiger partial charge is 0.263 e. The molecule has 3 aromatic heterocycles. The molecular formula is C22H19N3O3S2. The zero-order valence-electron chi connectivity index (χ0n) is 16.3. The molecule has 0 atom stereocenters. The maximum atomic E-state index is 13.3. The topological polar surface area (TPSA) is 77.1 Å². The van der Waals surface area contributed by atoms with Crippen molar-refractivity contribution in [2.75, 3.05) is 11.1 Å². The highest BCUT2D eigenvalue weighted by Gasteiger charge is 2.19. The number of nitrogens with one attached hydrogen (secondary N) is 1. The molecule has 0 saturated heterocycles. The van der Waals surface area contributed by atoms with Crippen LogP contribution in [0, 0.1) is 6.92 Å². The van der Waals surface area contributed by atoms with Gasteiger partial charge in [-0.1, -0.05) is 36.0 Å². The Hall–Kier alpha value is -3.10. The van der Waals surface area contributed by atoms with Gasteiger partial charge in [-0.15, -0.1) is 17.9 Å². The van der Waals surface area contributed by atoms with Gasteiger partial charge in [0, 0.05) is 23.2 Å². The molecule has 1 amide bonds. The van der Waals surface area contributed by atoms with Gasteiger partial charge in [-0.2, -0.15) is 0 Å². The first-order valence-electron chi connectivity index (χ1n) is 9.24. The molecule has 1 aromatic carbocycles. The highest BCUT2D eigenvalue weighted by molar-refractivity contribution is 7.99. The van der Waals surface area contributed by atoms with E-state index in [-0.39, 0.29) is 17.2 Å². The molecule has 0 unspecified atom stereocenters. The average molecular weight is 438 g/mol. The monoisotopic (exact) mass is 437 g/mol. The number of aryl methyl sites for hydroxylation is 1. The number of aromatic nitrogens is 2. The van der Waals surface area contributed by atoms with E-state index in [1.807, 2.05) is 54.8 Å². The van der Waals surface area contributed by atoms with Crippen molar-refractivity contribution in [3.63, 3.8) is 0 Å². The molecule has 3 heterocycles. The van der Waals surface area contributed by atoms with E-state index in [0.29, 0.717) is 27.7 Å². The first-order chi connectivity index (χ1) is 14.6. The SMILES string of the molecule is C=CCn1c(SCC(=O)Nc2ccccc2)nc2scc(-c3ccc(C)o3)c2c1=O. The van der Waals surface area contributed by atoms with E-state index in [0.717, 1.165) is 17.0 Å². The minimum atomic E-state index is -0.170. The summed E-state index contributed by atoms with van der Waals surface area (Å²) >= 11 is 2.61. The molecule has 0 aliphatic carbocycles. The van der Waals surface area contributed by atoms with Gasteiger partial charge in [-0.25, -0.2) is 4.98 Å². The molecule has 1 N–H and O–H groups in total. The summed E-state index contributed by atoms with van der Waals surface area (Å²) in [7, 11) is 0. The highest BCUT2D eigenvalue weighted by atomic mass is 32.2. The van der Waals surface area contributed by atoms with Gasteiger partial charge < -0.3 is 9.73 Å². The number of rotatable bonds is 7. The first kappa shape index (κ1) is 20.2. The van der Waals surface area contributed by atoms with Gasteiger partial charge in [0.25, 0.3) is 5.56 Å². The first-order valence-corrected chi connectivity index (χ1v) is 11.1. The van der Waals surface area contributed by atoms with Crippen LogP contribution in [0.4, 0.5) is 5.69 Å². The molecule has 6 nitrogen and oxygen atoms in total. The zero-order valence-corrected chi connectivity index (χ0v) is 17.9. The lowest BCUT2D eigenvalue weighted by Gasteiger charge is -2.10. The fourth-order valence-corrected chi connectivity index (χ4v) is 4.79. The van der Waals surface area contributed by atoms with Crippen LogP contribution in [0.2, 0.25) is 0 Å². The van der Waals surface area contributed by atoms with Crippen LogP contribution in [0.1, 0.15) is 5.76 Å². The van der Waals surface area contributed by atoms with Crippen LogP contribution in [0.3, 0.4) is 0 Å². The Kier molecular flexibility index (Phi) is 5.87. The van der Waals surface area contributed by atoms with Crippen molar-refractivity contribution < 1.29 is 9.21 Å². The number of carbonyl (C=O) groups excluding carboxylic acids is 1. The summed E-state index contributed by atoms with van der Waals surface area (Å²) in [4.78, 5) is 30.9. The van der Waals surface area contributed by atoms with Crippen molar-refractivity contribution in [3.8, 4) is 11.3 Å². The van der Waals surface area contributed by atoms with E-state index in [9.17, 15) is 9.59 Å². The number of anilines is 1. The molecule has 0 saturated carbocycles. The number of thiophene rings is 1. The molecule has 0 aliphatic rings. The summed E-state index contributed by atoms with van der Waals surface area (Å²) in [5.74, 6) is 1.40. The van der Waals surface area contributed by atoms with E-state index in [4.69, 9.17) is 4.42 Å². The van der Waals surface area contributed by atoms with Crippen LogP contribution in [0.25, 0.3) is 21.5 Å². The zero-order chi connectivity index (χ0) is 21.1. The molecule has 152 valence electrons. The number of carbonyl (C=O) groups is 1. The Morgan fingerprint density at radius 2 is 2.10 bits per heavy atom. The second-order valence-corrected chi connectivity index (χ2v) is 8.34.